The average Bonchev–Trinajstić information content (AvgIpc) is 1.56. The van der Waals surface area contributed by atoms with Crippen LogP contribution in [0.1, 0.15) is 16.7 Å². The Hall–Kier alpha value is -19.7. The molecular formula is C132H66N12OS5. The van der Waals surface area contributed by atoms with Gasteiger partial charge in [-0.3, -0.25) is 0 Å². The molecule has 0 aliphatic heterocycles. The molecule has 13 nitrogen and oxygen atoms in total. The molecule has 0 spiro atoms. The van der Waals surface area contributed by atoms with Crippen LogP contribution >= 0.6 is 56.7 Å². The smallest absolute Gasteiger partial charge is 0.229 e. The van der Waals surface area contributed by atoms with Crippen LogP contribution in [-0.4, -0.2) is 27.4 Å². The maximum atomic E-state index is 9.93. The number of aromatic nitrogens is 6. The van der Waals surface area contributed by atoms with Crippen molar-refractivity contribution >= 4 is 327 Å². The third kappa shape index (κ3) is 12.3. The summed E-state index contributed by atoms with van der Waals surface area (Å²) in [7, 11) is 0. The van der Waals surface area contributed by atoms with Crippen LogP contribution in [0.15, 0.2) is 405 Å². The molecule has 690 valence electrons. The Balaban J connectivity index is 0.000000101. The van der Waals surface area contributed by atoms with E-state index in [0.29, 0.717) is 33.8 Å². The fourth-order valence-electron chi connectivity index (χ4n) is 23.9. The first kappa shape index (κ1) is 84.7. The predicted molar refractivity (Wildman–Crippen MR) is 630 cm³/mol. The molecule has 0 bridgehead atoms. The lowest BCUT2D eigenvalue weighted by molar-refractivity contribution is 0.671. The van der Waals surface area contributed by atoms with Crippen molar-refractivity contribution in [1.29, 1.82) is 15.8 Å². The number of nitrogens with zero attached hydrogens (tertiary/aromatic N) is 12. The van der Waals surface area contributed by atoms with Gasteiger partial charge in [-0.2, -0.15) is 15.8 Å². The van der Waals surface area contributed by atoms with Gasteiger partial charge in [0.15, 0.2) is 5.69 Å². The molecule has 0 radical (unpaired) electrons. The van der Waals surface area contributed by atoms with Gasteiger partial charge in [-0.15, -0.1) is 56.7 Å². The number of rotatable bonds is 6. The van der Waals surface area contributed by atoms with Crippen LogP contribution in [0.2, 0.25) is 0 Å². The third-order valence-electron chi connectivity index (χ3n) is 30.4. The molecule has 0 unspecified atom stereocenters. The highest BCUT2D eigenvalue weighted by molar-refractivity contribution is 7.28. The molecule has 12 aromatic heterocycles. The summed E-state index contributed by atoms with van der Waals surface area (Å²) < 4.78 is 32.4. The van der Waals surface area contributed by atoms with Crippen molar-refractivity contribution in [2.24, 2.45) is 0 Å². The predicted octanol–water partition coefficient (Wildman–Crippen LogP) is 38.6. The minimum Gasteiger partial charge on any atom is -0.467 e. The van der Waals surface area contributed by atoms with Gasteiger partial charge in [0.05, 0.1) is 124 Å². The number of furan rings is 1. The van der Waals surface area contributed by atoms with Crippen molar-refractivity contribution in [1.82, 2.24) is 27.4 Å². The molecule has 0 saturated heterocycles. The Morgan fingerprint density at radius 2 is 0.547 bits per heavy atom. The molecule has 21 aromatic carbocycles. The number of benzene rings is 21. The first-order chi connectivity index (χ1) is 74.1. The lowest BCUT2D eigenvalue weighted by Crippen LogP contribution is -1.94. The van der Waals surface area contributed by atoms with Gasteiger partial charge in [-0.05, 0) is 235 Å². The fraction of sp³-hybridized carbons (Fsp3) is 0. The number of hydrogen-bond donors (Lipinski definition) is 0. The molecule has 0 fully saturated rings. The molecule has 0 saturated carbocycles. The van der Waals surface area contributed by atoms with Crippen LogP contribution in [0.25, 0.3) is 302 Å². The van der Waals surface area contributed by atoms with Gasteiger partial charge in [-0.1, -0.05) is 176 Å². The van der Waals surface area contributed by atoms with Crippen LogP contribution in [0.5, 0.6) is 0 Å². The summed E-state index contributed by atoms with van der Waals surface area (Å²) in [5.74, 6) is 0. The molecule has 0 aliphatic carbocycles. The summed E-state index contributed by atoms with van der Waals surface area (Å²) in [5.41, 5.74) is 25.5. The van der Waals surface area contributed by atoms with Gasteiger partial charge >= 0.3 is 0 Å². The zero-order chi connectivity index (χ0) is 99.3. The lowest BCUT2D eigenvalue weighted by atomic mass is 10.1. The van der Waals surface area contributed by atoms with Gasteiger partial charge in [0.1, 0.15) is 17.2 Å². The fourth-order valence-corrected chi connectivity index (χ4v) is 29.6. The zero-order valence-electron chi connectivity index (χ0n) is 78.9. The van der Waals surface area contributed by atoms with E-state index in [0.717, 1.165) is 174 Å². The van der Waals surface area contributed by atoms with Crippen molar-refractivity contribution in [2.45, 2.75) is 0 Å². The van der Waals surface area contributed by atoms with E-state index in [9.17, 15) is 15.8 Å². The van der Waals surface area contributed by atoms with Crippen molar-refractivity contribution in [2.75, 3.05) is 0 Å². The van der Waals surface area contributed by atoms with Crippen LogP contribution < -0.4 is 0 Å². The van der Waals surface area contributed by atoms with E-state index in [4.69, 9.17) is 24.1 Å². The molecule has 0 N–H and O–H groups in total. The van der Waals surface area contributed by atoms with Crippen LogP contribution in [0.4, 0.5) is 17.1 Å². The van der Waals surface area contributed by atoms with E-state index in [1.807, 2.05) is 113 Å². The van der Waals surface area contributed by atoms with E-state index in [2.05, 4.69) is 382 Å². The number of nitriles is 3. The Kier molecular flexibility index (Phi) is 18.3. The SMILES string of the molecule is [C-]#[N+]c1ccc2c(c1)c1ccccc1n2-c1ccc2sc3ccc(-n4c5ccccc5c5ccc6c7cccc(C#N)c7sc6c54)cc3c2c1.[C-]#[N+]c1cccc2c1oc1cc3c4ccccc4n(-c4ccc5sc6ccc(-n7c8ccccc8c8cc(C#N)ccc87)cc6c5c4)c3cc12.[C-]#[N+]c1cccc2c1sc1cc3c4ccccc4n(-c4ccc5sc6ccc(-n7c8ccccc8c8cc(C#N)ccc87)cc6c5c4)c3cc12. The molecule has 150 heavy (non-hydrogen) atoms. The summed E-state index contributed by atoms with van der Waals surface area (Å²) >= 11 is 8.88. The Morgan fingerprint density at radius 1 is 0.207 bits per heavy atom. The van der Waals surface area contributed by atoms with E-state index in [1.165, 1.54) is 113 Å². The first-order valence-electron chi connectivity index (χ1n) is 49.0. The van der Waals surface area contributed by atoms with Crippen molar-refractivity contribution in [3.63, 3.8) is 0 Å². The Morgan fingerprint density at radius 3 is 0.987 bits per heavy atom. The van der Waals surface area contributed by atoms with Gasteiger partial charge in [0.2, 0.25) is 11.4 Å². The highest BCUT2D eigenvalue weighted by Crippen LogP contribution is 2.52. The van der Waals surface area contributed by atoms with E-state index in [-0.39, 0.29) is 0 Å². The monoisotopic (exact) mass is 1990 g/mol. The largest absolute Gasteiger partial charge is 0.467 e. The summed E-state index contributed by atoms with van der Waals surface area (Å²) in [6.45, 7) is 23.0. The molecule has 0 amide bonds. The summed E-state index contributed by atoms with van der Waals surface area (Å²) in [6.07, 6.45) is 0. The summed E-state index contributed by atoms with van der Waals surface area (Å²) in [6, 6.07) is 148. The minimum atomic E-state index is 0.526. The van der Waals surface area contributed by atoms with E-state index >= 15 is 0 Å². The Labute approximate surface area is 871 Å². The molecular weight excluding hydrogens is 1930 g/mol. The lowest BCUT2D eigenvalue weighted by Gasteiger charge is -2.10. The van der Waals surface area contributed by atoms with Gasteiger partial charge in [0, 0.05) is 190 Å². The summed E-state index contributed by atoms with van der Waals surface area (Å²) in [5, 5.41) is 56.9. The first-order valence-corrected chi connectivity index (χ1v) is 53.1. The maximum absolute atomic E-state index is 9.93. The van der Waals surface area contributed by atoms with Crippen molar-refractivity contribution in [3.8, 4) is 52.3 Å². The number of hydrogen-bond acceptors (Lipinski definition) is 9. The summed E-state index contributed by atoms with van der Waals surface area (Å²) in [4.78, 5) is 11.2. The highest BCUT2D eigenvalue weighted by Gasteiger charge is 2.27. The number of para-hydroxylation sites is 7. The second-order valence-electron chi connectivity index (χ2n) is 38.2. The van der Waals surface area contributed by atoms with Crippen LogP contribution in [0.3, 0.4) is 0 Å². The van der Waals surface area contributed by atoms with Gasteiger partial charge < -0.3 is 31.8 Å². The minimum absolute atomic E-state index is 0.526. The van der Waals surface area contributed by atoms with Gasteiger partial charge in [-0.25, -0.2) is 14.5 Å². The second kappa shape index (κ2) is 32.4. The highest BCUT2D eigenvalue weighted by atomic mass is 32.1. The quantitative estimate of drug-likeness (QED) is 0.154. The van der Waals surface area contributed by atoms with E-state index in [1.54, 1.807) is 22.7 Å². The number of fused-ring (bicyclic) bond motifs is 37. The standard InChI is InChI=1S/C44H22N4OS.2C44H22N4S2/c1-46-36-10-6-9-30-33-22-40-32(23-41(33)49-44(30)36)29-8-3-5-12-38(29)48(40)27-15-18-43-35(21-27)34-20-26(14-17-42(34)50-43)47-37-11-4-2-7-28(37)31-19-25(24-45)13-16-39(31)47;1-46-26-13-18-39-34(21-26)30-9-3-4-11-37(30)47(39)27-14-19-40-35(22-27)36-23-28(15-20-41(36)49-40)48-38-12-5-2-8-29(38)31-16-17-33-32-10-6-7-25(24-45)43(32)50-44(33)42(31)48;1-46-36-10-6-9-30-35-22-40-32(23-43(35)50-44(30)36)29-8-3-5-12-38(29)48(40)27-15-18-42-34(21-27)33-20-26(14-17-41(33)49-42)47-37-11-4-2-7-28(37)31-19-25(24-45)13-16-39(31)47/h3*2-23H. The van der Waals surface area contributed by atoms with Crippen molar-refractivity contribution in [3.05, 3.63) is 451 Å². The van der Waals surface area contributed by atoms with Crippen molar-refractivity contribution < 1.29 is 4.42 Å². The second-order valence-corrected chi connectivity index (χ2v) is 43.5. The maximum Gasteiger partial charge on any atom is 0.229 e. The molecule has 33 rings (SSSR count). The molecule has 0 atom stereocenters. The average molecular weight is 2000 g/mol. The normalized spacial score (nSPS) is 12.0. The zero-order valence-corrected chi connectivity index (χ0v) is 83.0. The van der Waals surface area contributed by atoms with Crippen LogP contribution in [-0.2, 0) is 0 Å². The van der Waals surface area contributed by atoms with Crippen LogP contribution in [0, 0.1) is 53.7 Å². The van der Waals surface area contributed by atoms with Gasteiger partial charge in [0.25, 0.3) is 0 Å². The third-order valence-corrected chi connectivity index (χ3v) is 36.4. The molecule has 0 aliphatic rings. The molecule has 33 aromatic rings. The molecule has 12 heterocycles. The molecule has 18 heteroatoms. The topological polar surface area (TPSA) is 127 Å². The Bertz CT molecular complexity index is 11700. The van der Waals surface area contributed by atoms with E-state index < -0.39 is 0 Å². The number of thiophene rings is 5.